The molecule has 1 saturated carbocycles. The molecule has 0 saturated heterocycles. The number of rotatable bonds is 5. The van der Waals surface area contributed by atoms with E-state index >= 15 is 0 Å². The van der Waals surface area contributed by atoms with E-state index in [0.29, 0.717) is 5.92 Å². The largest absolute Gasteiger partial charge is 0.345 e. The molecule has 0 radical (unpaired) electrons. The predicted molar refractivity (Wildman–Crippen MR) is 91.1 cm³/mol. The Morgan fingerprint density at radius 1 is 1.24 bits per heavy atom. The van der Waals surface area contributed by atoms with E-state index in [1.807, 2.05) is 36.4 Å². The van der Waals surface area contributed by atoms with Crippen LogP contribution in [0, 0.1) is 5.92 Å². The summed E-state index contributed by atoms with van der Waals surface area (Å²) in [5.41, 5.74) is 1.20. The minimum Gasteiger partial charge on any atom is -0.345 e. The highest BCUT2D eigenvalue weighted by Gasteiger charge is 2.32. The Morgan fingerprint density at radius 2 is 2.00 bits per heavy atom. The molecular weight excluding hydrogens is 346 g/mol. The molecule has 1 N–H and O–H groups in total. The minimum atomic E-state index is -0.0275. The van der Waals surface area contributed by atoms with Crippen molar-refractivity contribution in [1.29, 1.82) is 0 Å². The Morgan fingerprint density at radius 3 is 2.62 bits per heavy atom. The molecule has 0 spiro atoms. The fraction of sp³-hybridized carbons (Fsp3) is 0.235. The van der Waals surface area contributed by atoms with Gasteiger partial charge in [-0.3, -0.25) is 4.79 Å². The summed E-state index contributed by atoms with van der Waals surface area (Å²) in [6.07, 6.45) is 5.87. The lowest BCUT2D eigenvalue weighted by molar-refractivity contribution is -0.117. The van der Waals surface area contributed by atoms with Gasteiger partial charge in [0.05, 0.1) is 9.83 Å². The lowest BCUT2D eigenvalue weighted by Crippen LogP contribution is -2.28. The Labute approximate surface area is 137 Å². The van der Waals surface area contributed by atoms with Gasteiger partial charge < -0.3 is 5.32 Å². The van der Waals surface area contributed by atoms with E-state index in [0.717, 1.165) is 8.66 Å². The molecule has 2 aromatic rings. The molecule has 21 heavy (non-hydrogen) atoms. The summed E-state index contributed by atoms with van der Waals surface area (Å²) < 4.78 is 1.07. The third kappa shape index (κ3) is 4.05. The zero-order valence-electron chi connectivity index (χ0n) is 11.5. The van der Waals surface area contributed by atoms with E-state index in [4.69, 9.17) is 0 Å². The van der Waals surface area contributed by atoms with Crippen LogP contribution in [0.5, 0.6) is 0 Å². The van der Waals surface area contributed by atoms with Gasteiger partial charge in [-0.05, 0) is 58.5 Å². The van der Waals surface area contributed by atoms with Gasteiger partial charge in [0.2, 0.25) is 5.91 Å². The van der Waals surface area contributed by atoms with Crippen LogP contribution in [-0.2, 0) is 4.79 Å². The van der Waals surface area contributed by atoms with Crippen molar-refractivity contribution in [2.75, 3.05) is 0 Å². The maximum atomic E-state index is 12.1. The van der Waals surface area contributed by atoms with Crippen molar-refractivity contribution in [2.45, 2.75) is 18.9 Å². The molecule has 2 nitrogen and oxygen atoms in total. The molecule has 1 atom stereocenters. The van der Waals surface area contributed by atoms with E-state index in [1.54, 1.807) is 17.4 Å². The molecule has 108 valence electrons. The zero-order chi connectivity index (χ0) is 14.7. The Hall–Kier alpha value is -1.39. The van der Waals surface area contributed by atoms with Crippen LogP contribution in [0.15, 0.2) is 52.3 Å². The highest BCUT2D eigenvalue weighted by Crippen LogP contribution is 2.40. The molecular formula is C17H16BrNOS. The van der Waals surface area contributed by atoms with Crippen molar-refractivity contribution in [3.8, 4) is 0 Å². The maximum Gasteiger partial charge on any atom is 0.244 e. The molecule has 1 unspecified atom stereocenters. The topological polar surface area (TPSA) is 29.1 Å². The summed E-state index contributed by atoms with van der Waals surface area (Å²) in [6.45, 7) is 0. The molecule has 1 aliphatic carbocycles. The van der Waals surface area contributed by atoms with Gasteiger partial charge in [-0.2, -0.15) is 0 Å². The fourth-order valence-corrected chi connectivity index (χ4v) is 3.67. The summed E-state index contributed by atoms with van der Waals surface area (Å²) in [6, 6.07) is 14.3. The third-order valence-corrected chi connectivity index (χ3v) is 5.13. The third-order valence-electron chi connectivity index (χ3n) is 3.54. The lowest BCUT2D eigenvalue weighted by Gasteiger charge is -2.17. The predicted octanol–water partition coefficient (Wildman–Crippen LogP) is 4.79. The molecule has 1 heterocycles. The lowest BCUT2D eigenvalue weighted by atomic mass is 10.0. The van der Waals surface area contributed by atoms with E-state index in [-0.39, 0.29) is 11.9 Å². The van der Waals surface area contributed by atoms with Crippen LogP contribution < -0.4 is 5.32 Å². The first-order chi connectivity index (χ1) is 10.2. The van der Waals surface area contributed by atoms with Crippen LogP contribution >= 0.6 is 27.3 Å². The van der Waals surface area contributed by atoms with Crippen molar-refractivity contribution in [3.63, 3.8) is 0 Å². The first-order valence-electron chi connectivity index (χ1n) is 7.01. The standard InChI is InChI=1S/C17H16BrNOS/c18-15-10-8-14(21-15)9-11-16(20)19-17(13-6-7-13)12-4-2-1-3-5-12/h1-5,8-11,13,17H,6-7H2,(H,19,20)/b11-9+. The molecule has 3 rings (SSSR count). The summed E-state index contributed by atoms with van der Waals surface area (Å²) in [5, 5.41) is 3.14. The summed E-state index contributed by atoms with van der Waals surface area (Å²) >= 11 is 5.03. The van der Waals surface area contributed by atoms with Crippen LogP contribution in [0.1, 0.15) is 29.3 Å². The van der Waals surface area contributed by atoms with Gasteiger partial charge in [-0.1, -0.05) is 30.3 Å². The highest BCUT2D eigenvalue weighted by atomic mass is 79.9. The maximum absolute atomic E-state index is 12.1. The molecule has 0 aliphatic heterocycles. The number of carbonyl (C=O) groups excluding carboxylic acids is 1. The molecule has 1 aliphatic rings. The van der Waals surface area contributed by atoms with Crippen LogP contribution in [0.3, 0.4) is 0 Å². The molecule has 4 heteroatoms. The van der Waals surface area contributed by atoms with Crippen molar-refractivity contribution in [1.82, 2.24) is 5.32 Å². The van der Waals surface area contributed by atoms with Gasteiger partial charge in [-0.15, -0.1) is 11.3 Å². The second kappa shape index (κ2) is 6.58. The minimum absolute atomic E-state index is 0.0275. The van der Waals surface area contributed by atoms with Crippen LogP contribution in [0.2, 0.25) is 0 Å². The number of amides is 1. The number of carbonyl (C=O) groups is 1. The normalized spacial score (nSPS) is 16.0. The van der Waals surface area contributed by atoms with Gasteiger partial charge in [0.25, 0.3) is 0 Å². The molecule has 1 aromatic carbocycles. The van der Waals surface area contributed by atoms with Crippen molar-refractivity contribution in [2.24, 2.45) is 5.92 Å². The van der Waals surface area contributed by atoms with Crippen molar-refractivity contribution < 1.29 is 4.79 Å². The first kappa shape index (κ1) is 14.5. The average molecular weight is 362 g/mol. The second-order valence-electron chi connectivity index (χ2n) is 5.21. The van der Waals surface area contributed by atoms with E-state index < -0.39 is 0 Å². The average Bonchev–Trinajstić information content (AvgIpc) is 3.26. The Balaban J connectivity index is 1.66. The van der Waals surface area contributed by atoms with E-state index in [1.165, 1.54) is 18.4 Å². The van der Waals surface area contributed by atoms with Crippen LogP contribution in [-0.4, -0.2) is 5.91 Å². The second-order valence-corrected chi connectivity index (χ2v) is 7.70. The Bertz CT molecular complexity index is 646. The molecule has 1 amide bonds. The van der Waals surface area contributed by atoms with Gasteiger partial charge in [-0.25, -0.2) is 0 Å². The van der Waals surface area contributed by atoms with Crippen LogP contribution in [0.4, 0.5) is 0 Å². The number of thiophene rings is 1. The van der Waals surface area contributed by atoms with E-state index in [2.05, 4.69) is 33.4 Å². The first-order valence-corrected chi connectivity index (χ1v) is 8.62. The molecule has 1 fully saturated rings. The highest BCUT2D eigenvalue weighted by molar-refractivity contribution is 9.11. The van der Waals surface area contributed by atoms with Crippen molar-refractivity contribution in [3.05, 3.63) is 62.8 Å². The van der Waals surface area contributed by atoms with Gasteiger partial charge in [0, 0.05) is 11.0 Å². The fourth-order valence-electron chi connectivity index (χ4n) is 2.34. The summed E-state index contributed by atoms with van der Waals surface area (Å²) in [4.78, 5) is 13.2. The monoisotopic (exact) mass is 361 g/mol. The summed E-state index contributed by atoms with van der Waals surface area (Å²) in [5.74, 6) is 0.556. The van der Waals surface area contributed by atoms with Gasteiger partial charge >= 0.3 is 0 Å². The Kier molecular flexibility index (Phi) is 4.56. The number of hydrogen-bond acceptors (Lipinski definition) is 2. The van der Waals surface area contributed by atoms with E-state index in [9.17, 15) is 4.79 Å². The summed E-state index contributed by atoms with van der Waals surface area (Å²) in [7, 11) is 0. The molecule has 1 aromatic heterocycles. The number of nitrogens with one attached hydrogen (secondary N) is 1. The smallest absolute Gasteiger partial charge is 0.244 e. The molecule has 0 bridgehead atoms. The van der Waals surface area contributed by atoms with Gasteiger partial charge in [0.1, 0.15) is 0 Å². The van der Waals surface area contributed by atoms with Gasteiger partial charge in [0.15, 0.2) is 0 Å². The quantitative estimate of drug-likeness (QED) is 0.762. The zero-order valence-corrected chi connectivity index (χ0v) is 13.9. The number of benzene rings is 1. The number of halogens is 1. The SMILES string of the molecule is O=C(/C=C/c1ccc(Br)s1)NC(c1ccccc1)C1CC1. The van der Waals surface area contributed by atoms with Crippen molar-refractivity contribution >= 4 is 39.2 Å². The number of hydrogen-bond donors (Lipinski definition) is 1. The van der Waals surface area contributed by atoms with Crippen LogP contribution in [0.25, 0.3) is 6.08 Å².